The number of rotatable bonds is 6. The van der Waals surface area contributed by atoms with Gasteiger partial charge >= 0.3 is 0 Å². The maximum Gasteiger partial charge on any atom is 0.300 e. The molecule has 1 aliphatic rings. The van der Waals surface area contributed by atoms with Gasteiger partial charge in [0.25, 0.3) is 11.7 Å². The zero-order chi connectivity index (χ0) is 25.3. The van der Waals surface area contributed by atoms with Gasteiger partial charge in [-0.3, -0.25) is 14.5 Å². The van der Waals surface area contributed by atoms with Crippen LogP contribution in [0.3, 0.4) is 0 Å². The molecular formula is C28H27ClN2O4. The largest absolute Gasteiger partial charge is 0.507 e. The third kappa shape index (κ3) is 4.49. The van der Waals surface area contributed by atoms with E-state index in [0.29, 0.717) is 34.2 Å². The molecule has 1 aliphatic heterocycles. The van der Waals surface area contributed by atoms with Gasteiger partial charge in [-0.25, -0.2) is 0 Å². The van der Waals surface area contributed by atoms with Crippen LogP contribution in [0.2, 0.25) is 5.02 Å². The van der Waals surface area contributed by atoms with Crippen LogP contribution in [0.5, 0.6) is 5.75 Å². The molecule has 0 radical (unpaired) electrons. The van der Waals surface area contributed by atoms with Crippen LogP contribution < -0.4 is 14.5 Å². The Morgan fingerprint density at radius 3 is 2.37 bits per heavy atom. The molecule has 3 aromatic rings. The van der Waals surface area contributed by atoms with E-state index in [9.17, 15) is 14.7 Å². The molecule has 3 aromatic carbocycles. The van der Waals surface area contributed by atoms with Gasteiger partial charge < -0.3 is 14.7 Å². The van der Waals surface area contributed by atoms with E-state index in [4.69, 9.17) is 16.3 Å². The molecule has 7 heteroatoms. The average molecular weight is 491 g/mol. The number of hydrogen-bond donors (Lipinski definition) is 1. The summed E-state index contributed by atoms with van der Waals surface area (Å²) in [7, 11) is 3.87. The Morgan fingerprint density at radius 1 is 1.06 bits per heavy atom. The molecule has 0 aliphatic carbocycles. The first-order chi connectivity index (χ1) is 16.7. The number of hydrogen-bond acceptors (Lipinski definition) is 5. The average Bonchev–Trinajstić information content (AvgIpc) is 3.11. The number of amides is 1. The third-order valence-corrected chi connectivity index (χ3v) is 6.36. The highest BCUT2D eigenvalue weighted by molar-refractivity contribution is 6.51. The van der Waals surface area contributed by atoms with Crippen molar-refractivity contribution >= 4 is 40.4 Å². The highest BCUT2D eigenvalue weighted by atomic mass is 35.5. The molecule has 0 bridgehead atoms. The van der Waals surface area contributed by atoms with Crippen molar-refractivity contribution in [3.05, 3.63) is 94.0 Å². The Balaban J connectivity index is 1.94. The van der Waals surface area contributed by atoms with Gasteiger partial charge in [0.15, 0.2) is 0 Å². The first-order valence-electron chi connectivity index (χ1n) is 11.3. The lowest BCUT2D eigenvalue weighted by molar-refractivity contribution is -0.132. The molecule has 1 heterocycles. The number of aliphatic hydroxyl groups is 1. The van der Waals surface area contributed by atoms with E-state index >= 15 is 0 Å². The van der Waals surface area contributed by atoms with Crippen LogP contribution >= 0.6 is 11.6 Å². The first kappa shape index (κ1) is 24.4. The fourth-order valence-electron chi connectivity index (χ4n) is 4.26. The number of para-hydroxylation sites is 1. The molecule has 0 saturated carbocycles. The Morgan fingerprint density at radius 2 is 1.74 bits per heavy atom. The van der Waals surface area contributed by atoms with Crippen LogP contribution in [0.25, 0.3) is 5.76 Å². The van der Waals surface area contributed by atoms with Gasteiger partial charge in [0.05, 0.1) is 23.2 Å². The molecule has 0 spiro atoms. The maximum atomic E-state index is 13.4. The first-order valence-corrected chi connectivity index (χ1v) is 11.7. The van der Waals surface area contributed by atoms with E-state index in [2.05, 4.69) is 0 Å². The van der Waals surface area contributed by atoms with Crippen molar-refractivity contribution in [2.24, 2.45) is 0 Å². The van der Waals surface area contributed by atoms with Crippen LogP contribution in [0.1, 0.15) is 29.7 Å². The number of aryl methyl sites for hydroxylation is 1. The fourth-order valence-corrected chi connectivity index (χ4v) is 4.43. The van der Waals surface area contributed by atoms with Crippen molar-refractivity contribution in [1.29, 1.82) is 0 Å². The Labute approximate surface area is 210 Å². The van der Waals surface area contributed by atoms with Gasteiger partial charge in [-0.15, -0.1) is 0 Å². The van der Waals surface area contributed by atoms with E-state index in [1.165, 1.54) is 4.90 Å². The Bertz CT molecular complexity index is 1310. The molecule has 35 heavy (non-hydrogen) atoms. The Kier molecular flexibility index (Phi) is 6.85. The summed E-state index contributed by atoms with van der Waals surface area (Å²) in [5.74, 6) is -1.33. The number of ketones is 1. The molecule has 1 N–H and O–H groups in total. The fraction of sp³-hybridized carbons (Fsp3) is 0.214. The molecule has 1 fully saturated rings. The second kappa shape index (κ2) is 9.84. The summed E-state index contributed by atoms with van der Waals surface area (Å²) in [4.78, 5) is 30.2. The zero-order valence-electron chi connectivity index (χ0n) is 20.1. The van der Waals surface area contributed by atoms with Crippen LogP contribution in [0.4, 0.5) is 11.4 Å². The van der Waals surface area contributed by atoms with E-state index in [1.54, 1.807) is 24.3 Å². The summed E-state index contributed by atoms with van der Waals surface area (Å²) in [5.41, 5.74) is 3.49. The summed E-state index contributed by atoms with van der Waals surface area (Å²) < 4.78 is 5.56. The molecule has 1 amide bonds. The highest BCUT2D eigenvalue weighted by Gasteiger charge is 2.47. The van der Waals surface area contributed by atoms with Gasteiger partial charge in [-0.2, -0.15) is 0 Å². The van der Waals surface area contributed by atoms with Crippen LogP contribution in [-0.4, -0.2) is 37.5 Å². The molecule has 1 unspecified atom stereocenters. The van der Waals surface area contributed by atoms with Crippen LogP contribution in [-0.2, 0) is 9.59 Å². The van der Waals surface area contributed by atoms with Crippen molar-refractivity contribution in [2.45, 2.75) is 19.9 Å². The summed E-state index contributed by atoms with van der Waals surface area (Å²) >= 11 is 6.22. The molecule has 4 rings (SSSR count). The number of carbonyl (C=O) groups is 2. The lowest BCUT2D eigenvalue weighted by Crippen LogP contribution is -2.30. The van der Waals surface area contributed by atoms with E-state index in [1.807, 2.05) is 75.3 Å². The minimum Gasteiger partial charge on any atom is -0.507 e. The molecule has 1 atom stereocenters. The predicted molar refractivity (Wildman–Crippen MR) is 139 cm³/mol. The minimum absolute atomic E-state index is 0.0145. The van der Waals surface area contributed by atoms with Crippen molar-refractivity contribution in [3.8, 4) is 5.75 Å². The van der Waals surface area contributed by atoms with E-state index in [0.717, 1.165) is 11.3 Å². The standard InChI is InChI=1S/C28H27ClN2O4/c1-5-35-23-16-19(12-15-21(23)29)26(32)24-25(18-10-13-20(14-11-18)30(3)4)31(28(34)27(24)33)22-9-7-6-8-17(22)2/h6-16,25,32H,5H2,1-4H3/b26-24-. The molecule has 0 aromatic heterocycles. The van der Waals surface area contributed by atoms with Crippen molar-refractivity contribution < 1.29 is 19.4 Å². The smallest absolute Gasteiger partial charge is 0.300 e. The second-order valence-corrected chi connectivity index (χ2v) is 8.93. The van der Waals surface area contributed by atoms with Crippen molar-refractivity contribution in [2.75, 3.05) is 30.5 Å². The van der Waals surface area contributed by atoms with Gasteiger partial charge in [0.1, 0.15) is 11.5 Å². The normalized spacial score (nSPS) is 17.1. The lowest BCUT2D eigenvalue weighted by atomic mass is 9.94. The second-order valence-electron chi connectivity index (χ2n) is 8.52. The van der Waals surface area contributed by atoms with Crippen LogP contribution in [0, 0.1) is 6.92 Å². The number of nitrogens with zero attached hydrogens (tertiary/aromatic N) is 2. The molecule has 1 saturated heterocycles. The van der Waals surface area contributed by atoms with Gasteiger partial charge in [-0.05, 0) is 61.4 Å². The summed E-state index contributed by atoms with van der Waals surface area (Å²) in [6.07, 6.45) is 0. The highest BCUT2D eigenvalue weighted by Crippen LogP contribution is 2.43. The molecule has 6 nitrogen and oxygen atoms in total. The number of aliphatic hydroxyl groups excluding tert-OH is 1. The monoisotopic (exact) mass is 490 g/mol. The number of Topliss-reactive ketones (excluding diaryl/α,β-unsaturated/α-hetero) is 1. The van der Waals surface area contributed by atoms with Crippen LogP contribution in [0.15, 0.2) is 72.3 Å². The van der Waals surface area contributed by atoms with Gasteiger partial charge in [0.2, 0.25) is 0 Å². The van der Waals surface area contributed by atoms with Crippen molar-refractivity contribution in [3.63, 3.8) is 0 Å². The number of anilines is 2. The maximum absolute atomic E-state index is 13.4. The third-order valence-electron chi connectivity index (χ3n) is 6.05. The summed E-state index contributed by atoms with van der Waals surface area (Å²) in [5, 5.41) is 11.8. The van der Waals surface area contributed by atoms with Crippen molar-refractivity contribution in [1.82, 2.24) is 0 Å². The SMILES string of the molecule is CCOc1cc(/C(O)=C2/C(=O)C(=O)N(c3ccccc3C)C2c2ccc(N(C)C)cc2)ccc1Cl. The quantitative estimate of drug-likeness (QED) is 0.271. The Hall–Kier alpha value is -3.77. The molecular weight excluding hydrogens is 464 g/mol. The minimum atomic E-state index is -0.807. The topological polar surface area (TPSA) is 70.1 Å². The lowest BCUT2D eigenvalue weighted by Gasteiger charge is -2.27. The van der Waals surface area contributed by atoms with E-state index < -0.39 is 17.7 Å². The summed E-state index contributed by atoms with van der Waals surface area (Å²) in [6, 6.07) is 18.9. The van der Waals surface area contributed by atoms with Gasteiger partial charge in [0, 0.05) is 31.0 Å². The number of carbonyl (C=O) groups excluding carboxylic acids is 2. The van der Waals surface area contributed by atoms with Gasteiger partial charge in [-0.1, -0.05) is 41.9 Å². The summed E-state index contributed by atoms with van der Waals surface area (Å²) in [6.45, 7) is 4.10. The predicted octanol–water partition coefficient (Wildman–Crippen LogP) is 5.74. The number of benzene rings is 3. The zero-order valence-corrected chi connectivity index (χ0v) is 20.8. The number of halogens is 1. The van der Waals surface area contributed by atoms with E-state index in [-0.39, 0.29) is 11.3 Å². The number of ether oxygens (including phenoxy) is 1. The molecule has 180 valence electrons.